The van der Waals surface area contributed by atoms with Crippen LogP contribution in [-0.4, -0.2) is 25.0 Å². The fourth-order valence-electron chi connectivity index (χ4n) is 4.87. The van der Waals surface area contributed by atoms with E-state index in [9.17, 15) is 9.59 Å². The van der Waals surface area contributed by atoms with E-state index < -0.39 is 0 Å². The van der Waals surface area contributed by atoms with Gasteiger partial charge in [-0.05, 0) is 61.5 Å². The molecule has 2 aliphatic carbocycles. The third-order valence-corrected chi connectivity index (χ3v) is 6.53. The first-order valence-electron chi connectivity index (χ1n) is 11.1. The number of carbonyl (C=O) groups is 2. The predicted molar refractivity (Wildman–Crippen MR) is 119 cm³/mol. The van der Waals surface area contributed by atoms with Crippen molar-refractivity contribution in [3.8, 4) is 0 Å². The standard InChI is InChI=1S/C26H36O4/c1-17-7-8-18(2)20(13-17)24-21(27)14-26(11-9-19(29-6)10-12-26)15-22(24)30-23(28)16-25(3,4)5/h7-8,13,19H,9-12,14-16H2,1-6H3. The molecule has 0 atom stereocenters. The first kappa shape index (κ1) is 22.7. The maximum absolute atomic E-state index is 13.5. The van der Waals surface area contributed by atoms with E-state index >= 15 is 0 Å². The molecule has 1 aromatic carbocycles. The lowest BCUT2D eigenvalue weighted by Gasteiger charge is -2.42. The van der Waals surface area contributed by atoms with Gasteiger partial charge < -0.3 is 9.47 Å². The van der Waals surface area contributed by atoms with Crippen LogP contribution in [0.2, 0.25) is 0 Å². The Morgan fingerprint density at radius 3 is 2.40 bits per heavy atom. The van der Waals surface area contributed by atoms with E-state index in [1.807, 2.05) is 52.8 Å². The highest BCUT2D eigenvalue weighted by molar-refractivity contribution is 6.23. The number of rotatable bonds is 4. The molecule has 0 N–H and O–H groups in total. The minimum Gasteiger partial charge on any atom is -0.430 e. The molecule has 0 amide bonds. The number of ether oxygens (including phenoxy) is 2. The van der Waals surface area contributed by atoms with Crippen molar-refractivity contribution in [1.82, 2.24) is 0 Å². The van der Waals surface area contributed by atoms with Crippen molar-refractivity contribution < 1.29 is 19.1 Å². The van der Waals surface area contributed by atoms with Crippen LogP contribution >= 0.6 is 0 Å². The Labute approximate surface area is 181 Å². The molecule has 1 fully saturated rings. The number of ketones is 1. The van der Waals surface area contributed by atoms with E-state index in [2.05, 4.69) is 0 Å². The number of Topliss-reactive ketones (excluding diaryl/α,β-unsaturated/α-hetero) is 1. The number of esters is 1. The topological polar surface area (TPSA) is 52.6 Å². The molecule has 0 heterocycles. The van der Waals surface area contributed by atoms with Crippen molar-refractivity contribution in [1.29, 1.82) is 0 Å². The van der Waals surface area contributed by atoms with Crippen molar-refractivity contribution in [2.45, 2.75) is 85.7 Å². The zero-order chi connectivity index (χ0) is 22.1. The van der Waals surface area contributed by atoms with E-state index in [0.29, 0.717) is 30.6 Å². The number of carbonyl (C=O) groups excluding carboxylic acids is 2. The molecule has 164 valence electrons. The van der Waals surface area contributed by atoms with Crippen molar-refractivity contribution in [3.63, 3.8) is 0 Å². The lowest BCUT2D eigenvalue weighted by atomic mass is 9.64. The van der Waals surface area contributed by atoms with E-state index in [0.717, 1.165) is 42.4 Å². The van der Waals surface area contributed by atoms with Gasteiger partial charge in [-0.1, -0.05) is 44.5 Å². The summed E-state index contributed by atoms with van der Waals surface area (Å²) in [5, 5.41) is 0. The predicted octanol–water partition coefficient (Wildman–Crippen LogP) is 5.93. The van der Waals surface area contributed by atoms with Crippen LogP contribution in [0.3, 0.4) is 0 Å². The average molecular weight is 413 g/mol. The van der Waals surface area contributed by atoms with E-state index in [4.69, 9.17) is 9.47 Å². The second-order valence-electron chi connectivity index (χ2n) is 10.5. The van der Waals surface area contributed by atoms with Gasteiger partial charge in [0.1, 0.15) is 5.76 Å². The van der Waals surface area contributed by atoms with Gasteiger partial charge in [-0.15, -0.1) is 0 Å². The van der Waals surface area contributed by atoms with Crippen LogP contribution in [0.5, 0.6) is 0 Å². The first-order valence-corrected chi connectivity index (χ1v) is 11.1. The average Bonchev–Trinajstić information content (AvgIpc) is 2.63. The normalized spacial score (nSPS) is 25.0. The fraction of sp³-hybridized carbons (Fsp3) is 0.615. The molecule has 3 rings (SSSR count). The summed E-state index contributed by atoms with van der Waals surface area (Å²) in [6.45, 7) is 10.1. The number of hydrogen-bond acceptors (Lipinski definition) is 4. The third-order valence-electron chi connectivity index (χ3n) is 6.53. The summed E-state index contributed by atoms with van der Waals surface area (Å²) in [6.07, 6.45) is 5.51. The lowest BCUT2D eigenvalue weighted by Crippen LogP contribution is -2.37. The summed E-state index contributed by atoms with van der Waals surface area (Å²) in [5.41, 5.74) is 3.36. The van der Waals surface area contributed by atoms with Crippen LogP contribution in [-0.2, 0) is 19.1 Å². The smallest absolute Gasteiger partial charge is 0.311 e. The van der Waals surface area contributed by atoms with Crippen LogP contribution < -0.4 is 0 Å². The van der Waals surface area contributed by atoms with Crippen LogP contribution in [0.4, 0.5) is 0 Å². The third kappa shape index (κ3) is 5.21. The van der Waals surface area contributed by atoms with Gasteiger partial charge in [0.05, 0.1) is 18.1 Å². The van der Waals surface area contributed by atoms with Gasteiger partial charge in [-0.2, -0.15) is 0 Å². The monoisotopic (exact) mass is 412 g/mol. The summed E-state index contributed by atoms with van der Waals surface area (Å²) in [5.74, 6) is 0.421. The fourth-order valence-corrected chi connectivity index (χ4v) is 4.87. The molecular weight excluding hydrogens is 376 g/mol. The summed E-state index contributed by atoms with van der Waals surface area (Å²) >= 11 is 0. The van der Waals surface area contributed by atoms with Crippen molar-refractivity contribution in [2.75, 3.05) is 7.11 Å². The van der Waals surface area contributed by atoms with Crippen LogP contribution in [0.1, 0.15) is 82.4 Å². The second kappa shape index (κ2) is 8.66. The molecule has 0 unspecified atom stereocenters. The Morgan fingerprint density at radius 2 is 1.80 bits per heavy atom. The van der Waals surface area contributed by atoms with E-state index in [-0.39, 0.29) is 28.7 Å². The molecule has 4 heteroatoms. The van der Waals surface area contributed by atoms with Crippen LogP contribution in [0.15, 0.2) is 24.0 Å². The minimum absolute atomic E-state index is 0.101. The Hall–Kier alpha value is -1.94. The Morgan fingerprint density at radius 1 is 1.13 bits per heavy atom. The zero-order valence-corrected chi connectivity index (χ0v) is 19.4. The van der Waals surface area contributed by atoms with E-state index in [1.54, 1.807) is 7.11 Å². The number of allylic oxidation sites excluding steroid dienone is 2. The van der Waals surface area contributed by atoms with Gasteiger partial charge >= 0.3 is 5.97 Å². The number of methoxy groups -OCH3 is 1. The maximum Gasteiger partial charge on any atom is 0.311 e. The van der Waals surface area contributed by atoms with Crippen LogP contribution in [0, 0.1) is 24.7 Å². The molecule has 0 aromatic heterocycles. The molecule has 0 saturated heterocycles. The summed E-state index contributed by atoms with van der Waals surface area (Å²) in [6, 6.07) is 6.12. The van der Waals surface area contributed by atoms with E-state index in [1.165, 1.54) is 0 Å². The highest BCUT2D eigenvalue weighted by Crippen LogP contribution is 2.50. The number of benzene rings is 1. The molecule has 2 aliphatic rings. The summed E-state index contributed by atoms with van der Waals surface area (Å²) in [4.78, 5) is 26.2. The van der Waals surface area contributed by atoms with Gasteiger partial charge in [0.15, 0.2) is 5.78 Å². The van der Waals surface area contributed by atoms with Gasteiger partial charge in [-0.25, -0.2) is 0 Å². The molecule has 1 spiro atoms. The van der Waals surface area contributed by atoms with Crippen molar-refractivity contribution >= 4 is 17.3 Å². The van der Waals surface area contributed by atoms with Gasteiger partial charge in [-0.3, -0.25) is 9.59 Å². The largest absolute Gasteiger partial charge is 0.430 e. The number of hydrogen-bond donors (Lipinski definition) is 0. The lowest BCUT2D eigenvalue weighted by molar-refractivity contribution is -0.142. The molecule has 1 saturated carbocycles. The minimum atomic E-state index is -0.254. The van der Waals surface area contributed by atoms with Gasteiger partial charge in [0.2, 0.25) is 0 Å². The Balaban J connectivity index is 2.00. The zero-order valence-electron chi connectivity index (χ0n) is 19.4. The Kier molecular flexibility index (Phi) is 6.57. The molecule has 0 aliphatic heterocycles. The highest BCUT2D eigenvalue weighted by atomic mass is 16.5. The highest BCUT2D eigenvalue weighted by Gasteiger charge is 2.44. The molecular formula is C26H36O4. The SMILES string of the molecule is COC1CCC2(CC1)CC(=O)C(c1cc(C)ccc1C)=C(OC(=O)CC(C)(C)C)C2. The Bertz CT molecular complexity index is 848. The quantitative estimate of drug-likeness (QED) is 0.575. The van der Waals surface area contributed by atoms with Crippen LogP contribution in [0.25, 0.3) is 5.57 Å². The number of aryl methyl sites for hydroxylation is 2. The molecule has 1 aromatic rings. The second-order valence-corrected chi connectivity index (χ2v) is 10.5. The van der Waals surface area contributed by atoms with Gasteiger partial charge in [0.25, 0.3) is 0 Å². The van der Waals surface area contributed by atoms with Gasteiger partial charge in [0, 0.05) is 20.0 Å². The summed E-state index contributed by atoms with van der Waals surface area (Å²) < 4.78 is 11.5. The first-order chi connectivity index (χ1) is 14.0. The molecule has 4 nitrogen and oxygen atoms in total. The molecule has 0 bridgehead atoms. The van der Waals surface area contributed by atoms with Crippen molar-refractivity contribution in [3.05, 3.63) is 40.6 Å². The molecule has 0 radical (unpaired) electrons. The van der Waals surface area contributed by atoms with Crippen molar-refractivity contribution in [2.24, 2.45) is 10.8 Å². The summed E-state index contributed by atoms with van der Waals surface area (Å²) in [7, 11) is 1.76. The molecule has 30 heavy (non-hydrogen) atoms. The maximum atomic E-state index is 13.5.